The zero-order valence-electron chi connectivity index (χ0n) is 11.2. The number of halogens is 1. The lowest BCUT2D eigenvalue weighted by Crippen LogP contribution is -2.31. The maximum atomic E-state index is 6.07. The third-order valence-electron chi connectivity index (χ3n) is 4.35. The Morgan fingerprint density at radius 3 is 3.00 bits per heavy atom. The van der Waals surface area contributed by atoms with E-state index in [1.54, 1.807) is 0 Å². The minimum absolute atomic E-state index is 0.546. The molecule has 104 valence electrons. The summed E-state index contributed by atoms with van der Waals surface area (Å²) in [4.78, 5) is 2.52. The zero-order chi connectivity index (χ0) is 13.1. The smallest absolute Gasteiger partial charge is 0.137 e. The molecule has 1 aromatic rings. The Hall–Kier alpha value is -0.770. The summed E-state index contributed by atoms with van der Waals surface area (Å²) < 4.78 is 5.76. The Morgan fingerprint density at radius 2 is 2.21 bits per heavy atom. The topological polar surface area (TPSA) is 24.5 Å². The molecule has 0 saturated carbocycles. The van der Waals surface area contributed by atoms with Gasteiger partial charge in [0.15, 0.2) is 0 Å². The standard InChI is InChI=1S/C15H21ClN2O/c16-13-3-1-2-4-14(13)19-10-9-18-8-6-15(12-18)5-7-17-11-15/h1-4,17H,5-12H2. The lowest BCUT2D eigenvalue weighted by atomic mass is 9.87. The van der Waals surface area contributed by atoms with Crippen molar-refractivity contribution in [3.8, 4) is 5.75 Å². The first-order valence-electron chi connectivity index (χ1n) is 7.08. The zero-order valence-corrected chi connectivity index (χ0v) is 12.0. The first kappa shape index (κ1) is 13.2. The van der Waals surface area contributed by atoms with E-state index in [0.717, 1.165) is 12.3 Å². The first-order valence-corrected chi connectivity index (χ1v) is 7.46. The molecule has 4 heteroatoms. The number of ether oxygens (including phenoxy) is 1. The highest BCUT2D eigenvalue weighted by molar-refractivity contribution is 6.32. The van der Waals surface area contributed by atoms with Gasteiger partial charge in [-0.1, -0.05) is 23.7 Å². The van der Waals surface area contributed by atoms with Crippen molar-refractivity contribution >= 4 is 11.6 Å². The van der Waals surface area contributed by atoms with Gasteiger partial charge in [-0.15, -0.1) is 0 Å². The summed E-state index contributed by atoms with van der Waals surface area (Å²) in [5, 5.41) is 4.18. The number of hydrogen-bond acceptors (Lipinski definition) is 3. The highest BCUT2D eigenvalue weighted by Crippen LogP contribution is 2.35. The van der Waals surface area contributed by atoms with Crippen LogP contribution in [0.2, 0.25) is 5.02 Å². The second kappa shape index (κ2) is 5.70. The van der Waals surface area contributed by atoms with Crippen LogP contribution in [0.4, 0.5) is 0 Å². The fraction of sp³-hybridized carbons (Fsp3) is 0.600. The molecule has 1 atom stereocenters. The SMILES string of the molecule is Clc1ccccc1OCCN1CCC2(CCNC2)C1. The number of benzene rings is 1. The molecule has 3 nitrogen and oxygen atoms in total. The quantitative estimate of drug-likeness (QED) is 0.917. The van der Waals surface area contributed by atoms with E-state index in [0.29, 0.717) is 17.0 Å². The highest BCUT2D eigenvalue weighted by Gasteiger charge is 2.39. The van der Waals surface area contributed by atoms with Gasteiger partial charge in [-0.25, -0.2) is 0 Å². The maximum Gasteiger partial charge on any atom is 0.137 e. The van der Waals surface area contributed by atoms with Crippen LogP contribution in [0.1, 0.15) is 12.8 Å². The summed E-state index contributed by atoms with van der Waals surface area (Å²) in [7, 11) is 0. The molecule has 3 rings (SSSR count). The van der Waals surface area contributed by atoms with E-state index in [4.69, 9.17) is 16.3 Å². The number of likely N-dealkylation sites (tertiary alicyclic amines) is 1. The van der Waals surface area contributed by atoms with E-state index in [2.05, 4.69) is 10.2 Å². The van der Waals surface area contributed by atoms with Crippen molar-refractivity contribution in [1.82, 2.24) is 10.2 Å². The molecule has 2 saturated heterocycles. The molecular weight excluding hydrogens is 260 g/mol. The Bertz CT molecular complexity index is 432. The summed E-state index contributed by atoms with van der Waals surface area (Å²) in [6.45, 7) is 6.50. The predicted molar refractivity (Wildman–Crippen MR) is 77.9 cm³/mol. The van der Waals surface area contributed by atoms with Crippen LogP contribution < -0.4 is 10.1 Å². The van der Waals surface area contributed by atoms with Gasteiger partial charge in [0.05, 0.1) is 5.02 Å². The van der Waals surface area contributed by atoms with Crippen LogP contribution in [0, 0.1) is 5.41 Å². The molecule has 2 aliphatic rings. The molecule has 1 aromatic carbocycles. The Kier molecular flexibility index (Phi) is 3.96. The molecule has 1 spiro atoms. The van der Waals surface area contributed by atoms with Crippen molar-refractivity contribution in [1.29, 1.82) is 0 Å². The van der Waals surface area contributed by atoms with Gasteiger partial charge in [-0.2, -0.15) is 0 Å². The van der Waals surface area contributed by atoms with E-state index < -0.39 is 0 Å². The normalized spacial score (nSPS) is 27.2. The lowest BCUT2D eigenvalue weighted by molar-refractivity contribution is 0.217. The van der Waals surface area contributed by atoms with E-state index in [1.165, 1.54) is 39.0 Å². The number of hydrogen-bond donors (Lipinski definition) is 1. The maximum absolute atomic E-state index is 6.07. The lowest BCUT2D eigenvalue weighted by Gasteiger charge is -2.22. The van der Waals surface area contributed by atoms with E-state index in [9.17, 15) is 0 Å². The minimum atomic E-state index is 0.546. The monoisotopic (exact) mass is 280 g/mol. The van der Waals surface area contributed by atoms with E-state index in [-0.39, 0.29) is 0 Å². The molecule has 1 unspecified atom stereocenters. The summed E-state index contributed by atoms with van der Waals surface area (Å²) in [5.41, 5.74) is 0.546. The van der Waals surface area contributed by atoms with Crippen molar-refractivity contribution < 1.29 is 4.74 Å². The molecule has 2 aliphatic heterocycles. The molecular formula is C15H21ClN2O. The van der Waals surface area contributed by atoms with Gasteiger partial charge < -0.3 is 10.1 Å². The van der Waals surface area contributed by atoms with E-state index >= 15 is 0 Å². The average Bonchev–Trinajstić information content (AvgIpc) is 3.03. The highest BCUT2D eigenvalue weighted by atomic mass is 35.5. The first-order chi connectivity index (χ1) is 9.27. The van der Waals surface area contributed by atoms with Crippen LogP contribution >= 0.6 is 11.6 Å². The van der Waals surface area contributed by atoms with E-state index in [1.807, 2.05) is 24.3 Å². The molecule has 0 bridgehead atoms. The number of rotatable bonds is 4. The summed E-state index contributed by atoms with van der Waals surface area (Å²) in [5.74, 6) is 0.792. The van der Waals surface area contributed by atoms with Crippen LogP contribution in [0.15, 0.2) is 24.3 Å². The Labute approximate surface area is 119 Å². The van der Waals surface area contributed by atoms with Gasteiger partial charge in [0, 0.05) is 19.6 Å². The second-order valence-corrected chi connectivity index (χ2v) is 6.14. The number of nitrogens with one attached hydrogen (secondary N) is 1. The summed E-state index contributed by atoms with van der Waals surface area (Å²) >= 11 is 6.07. The average molecular weight is 281 g/mol. The van der Waals surface area contributed by atoms with Crippen LogP contribution in [0.5, 0.6) is 5.75 Å². The third kappa shape index (κ3) is 3.04. The Balaban J connectivity index is 1.45. The van der Waals surface area contributed by atoms with Gasteiger partial charge in [-0.05, 0) is 43.5 Å². The number of para-hydroxylation sites is 1. The largest absolute Gasteiger partial charge is 0.491 e. The van der Waals surface area contributed by atoms with Crippen LogP contribution in [-0.4, -0.2) is 44.2 Å². The van der Waals surface area contributed by atoms with Gasteiger partial charge in [0.25, 0.3) is 0 Å². The van der Waals surface area contributed by atoms with Crippen LogP contribution in [-0.2, 0) is 0 Å². The molecule has 0 aromatic heterocycles. The minimum Gasteiger partial charge on any atom is -0.491 e. The molecule has 0 radical (unpaired) electrons. The molecule has 0 aliphatic carbocycles. The third-order valence-corrected chi connectivity index (χ3v) is 4.66. The fourth-order valence-corrected chi connectivity index (χ4v) is 3.40. The summed E-state index contributed by atoms with van der Waals surface area (Å²) in [6.07, 6.45) is 2.65. The van der Waals surface area contributed by atoms with Crippen molar-refractivity contribution in [2.75, 3.05) is 39.3 Å². The predicted octanol–water partition coefficient (Wildman–Crippen LogP) is 2.40. The second-order valence-electron chi connectivity index (χ2n) is 5.73. The van der Waals surface area contributed by atoms with Crippen molar-refractivity contribution in [3.63, 3.8) is 0 Å². The molecule has 2 heterocycles. The molecule has 0 amide bonds. The van der Waals surface area contributed by atoms with Gasteiger partial charge in [0.2, 0.25) is 0 Å². The van der Waals surface area contributed by atoms with Gasteiger partial charge >= 0.3 is 0 Å². The summed E-state index contributed by atoms with van der Waals surface area (Å²) in [6, 6.07) is 7.67. The van der Waals surface area contributed by atoms with Crippen LogP contribution in [0.25, 0.3) is 0 Å². The number of nitrogens with zero attached hydrogens (tertiary/aromatic N) is 1. The molecule has 1 N–H and O–H groups in total. The van der Waals surface area contributed by atoms with Gasteiger partial charge in [-0.3, -0.25) is 4.90 Å². The fourth-order valence-electron chi connectivity index (χ4n) is 3.21. The van der Waals surface area contributed by atoms with Crippen molar-refractivity contribution in [2.45, 2.75) is 12.8 Å². The van der Waals surface area contributed by atoms with Crippen molar-refractivity contribution in [3.05, 3.63) is 29.3 Å². The van der Waals surface area contributed by atoms with Crippen molar-refractivity contribution in [2.24, 2.45) is 5.41 Å². The molecule has 19 heavy (non-hydrogen) atoms. The van der Waals surface area contributed by atoms with Gasteiger partial charge in [0.1, 0.15) is 12.4 Å². The Morgan fingerprint density at radius 1 is 1.32 bits per heavy atom. The molecule has 2 fully saturated rings. The van der Waals surface area contributed by atoms with Crippen LogP contribution in [0.3, 0.4) is 0 Å².